The zero-order valence-electron chi connectivity index (χ0n) is 13.5. The largest absolute Gasteiger partial charge is 0.490 e. The first-order valence-corrected chi connectivity index (χ1v) is 8.06. The summed E-state index contributed by atoms with van der Waals surface area (Å²) >= 11 is 0. The topological polar surface area (TPSA) is 50.8 Å². The highest BCUT2D eigenvalue weighted by Gasteiger charge is 2.19. The zero-order valence-corrected chi connectivity index (χ0v) is 13.5. The maximum atomic E-state index is 12.1. The number of amides is 1. The van der Waals surface area contributed by atoms with E-state index < -0.39 is 0 Å². The molecule has 1 atom stereocenters. The fraction of sp³-hybridized carbons (Fsp3) is 0.588. The molecule has 5 nitrogen and oxygen atoms in total. The fourth-order valence-electron chi connectivity index (χ4n) is 2.57. The Balaban J connectivity index is 1.71. The van der Waals surface area contributed by atoms with Gasteiger partial charge in [0.15, 0.2) is 11.5 Å². The van der Waals surface area contributed by atoms with Gasteiger partial charge in [-0.2, -0.15) is 0 Å². The summed E-state index contributed by atoms with van der Waals surface area (Å²) in [5, 5.41) is 3.34. The first-order chi connectivity index (χ1) is 10.7. The van der Waals surface area contributed by atoms with E-state index in [0.717, 1.165) is 37.6 Å². The van der Waals surface area contributed by atoms with Crippen LogP contribution in [0.4, 0.5) is 0 Å². The van der Waals surface area contributed by atoms with E-state index >= 15 is 0 Å². The van der Waals surface area contributed by atoms with Crippen molar-refractivity contribution in [2.45, 2.75) is 32.7 Å². The first-order valence-electron chi connectivity index (χ1n) is 8.06. The zero-order chi connectivity index (χ0) is 15.8. The minimum atomic E-state index is 0.218. The molecule has 0 bridgehead atoms. The maximum Gasteiger partial charge on any atom is 0.222 e. The second-order valence-electron chi connectivity index (χ2n) is 5.53. The molecule has 22 heavy (non-hydrogen) atoms. The average Bonchev–Trinajstić information content (AvgIpc) is 2.53. The van der Waals surface area contributed by atoms with Crippen LogP contribution in [-0.2, 0) is 4.79 Å². The Morgan fingerprint density at radius 3 is 2.73 bits per heavy atom. The Morgan fingerprint density at radius 2 is 2.05 bits per heavy atom. The highest BCUT2D eigenvalue weighted by atomic mass is 16.5. The molecule has 0 aliphatic carbocycles. The predicted molar refractivity (Wildman–Crippen MR) is 86.4 cm³/mol. The Bertz CT molecular complexity index is 479. The molecule has 1 N–H and O–H groups in total. The van der Waals surface area contributed by atoms with Gasteiger partial charge in [0.05, 0.1) is 13.2 Å². The Hall–Kier alpha value is -1.75. The maximum absolute atomic E-state index is 12.1. The van der Waals surface area contributed by atoms with Gasteiger partial charge in [0, 0.05) is 32.1 Å². The number of carbonyl (C=O) groups excluding carboxylic acids is 1. The van der Waals surface area contributed by atoms with E-state index in [4.69, 9.17) is 9.47 Å². The van der Waals surface area contributed by atoms with Crippen molar-refractivity contribution in [1.82, 2.24) is 10.2 Å². The molecule has 0 saturated carbocycles. The lowest BCUT2D eigenvalue weighted by molar-refractivity contribution is -0.132. The van der Waals surface area contributed by atoms with Gasteiger partial charge in [0.2, 0.25) is 5.91 Å². The average molecular weight is 306 g/mol. The lowest BCUT2D eigenvalue weighted by Gasteiger charge is -2.32. The Labute approximate surface area is 132 Å². The molecule has 1 aliphatic rings. The minimum absolute atomic E-state index is 0.218. The Morgan fingerprint density at radius 1 is 1.32 bits per heavy atom. The van der Waals surface area contributed by atoms with E-state index in [9.17, 15) is 4.79 Å². The lowest BCUT2D eigenvalue weighted by atomic mass is 10.2. The summed E-state index contributed by atoms with van der Waals surface area (Å²) in [4.78, 5) is 14.1. The molecule has 0 aromatic heterocycles. The van der Waals surface area contributed by atoms with Crippen molar-refractivity contribution in [3.63, 3.8) is 0 Å². The van der Waals surface area contributed by atoms with Crippen LogP contribution in [0.15, 0.2) is 24.3 Å². The van der Waals surface area contributed by atoms with Gasteiger partial charge < -0.3 is 19.7 Å². The number of hydrogen-bond donors (Lipinski definition) is 1. The van der Waals surface area contributed by atoms with Gasteiger partial charge in [0.1, 0.15) is 0 Å². The van der Waals surface area contributed by atoms with E-state index in [-0.39, 0.29) is 5.91 Å². The van der Waals surface area contributed by atoms with E-state index in [1.54, 1.807) is 0 Å². The summed E-state index contributed by atoms with van der Waals surface area (Å²) in [6.45, 7) is 7.67. The molecule has 1 heterocycles. The fourth-order valence-corrected chi connectivity index (χ4v) is 2.57. The van der Waals surface area contributed by atoms with Crippen LogP contribution in [0.5, 0.6) is 11.5 Å². The number of para-hydroxylation sites is 2. The van der Waals surface area contributed by atoms with E-state index in [1.807, 2.05) is 36.1 Å². The molecule has 2 rings (SSSR count). The van der Waals surface area contributed by atoms with E-state index in [2.05, 4.69) is 12.2 Å². The smallest absolute Gasteiger partial charge is 0.222 e. The van der Waals surface area contributed by atoms with Gasteiger partial charge in [-0.3, -0.25) is 4.79 Å². The van der Waals surface area contributed by atoms with Crippen LogP contribution < -0.4 is 14.8 Å². The van der Waals surface area contributed by atoms with Gasteiger partial charge in [-0.1, -0.05) is 12.1 Å². The summed E-state index contributed by atoms with van der Waals surface area (Å²) in [5.41, 5.74) is 0. The molecule has 1 aromatic rings. The molecule has 0 unspecified atom stereocenters. The number of carbonyl (C=O) groups is 1. The molecule has 1 fully saturated rings. The minimum Gasteiger partial charge on any atom is -0.490 e. The van der Waals surface area contributed by atoms with Crippen LogP contribution in [0.1, 0.15) is 26.7 Å². The molecule has 1 saturated heterocycles. The molecule has 0 spiro atoms. The summed E-state index contributed by atoms with van der Waals surface area (Å²) in [5.74, 6) is 1.72. The summed E-state index contributed by atoms with van der Waals surface area (Å²) < 4.78 is 11.3. The SMILES string of the molecule is CCOc1ccccc1OCCCC(=O)N1CCN[C@H](C)C1. The number of ether oxygens (including phenoxy) is 2. The van der Waals surface area contributed by atoms with Gasteiger partial charge >= 0.3 is 0 Å². The number of piperazine rings is 1. The first kappa shape index (κ1) is 16.6. The molecule has 0 radical (unpaired) electrons. The Kier molecular flexibility index (Phi) is 6.52. The third-order valence-electron chi connectivity index (χ3n) is 3.66. The molecule has 1 aromatic carbocycles. The van der Waals surface area contributed by atoms with Crippen molar-refractivity contribution in [1.29, 1.82) is 0 Å². The highest BCUT2D eigenvalue weighted by Crippen LogP contribution is 2.26. The quantitative estimate of drug-likeness (QED) is 0.784. The van der Waals surface area contributed by atoms with E-state index in [0.29, 0.717) is 25.7 Å². The standard InChI is InChI=1S/C17H26N2O3/c1-3-21-15-7-4-5-8-16(15)22-12-6-9-17(20)19-11-10-18-14(2)13-19/h4-5,7-8,14,18H,3,6,9-13H2,1-2H3/t14-/m1/s1. The molecular formula is C17H26N2O3. The normalized spacial score (nSPS) is 18.1. The molecule has 1 aliphatic heterocycles. The van der Waals surface area contributed by atoms with Crippen molar-refractivity contribution >= 4 is 5.91 Å². The third kappa shape index (κ3) is 4.91. The van der Waals surface area contributed by atoms with Crippen molar-refractivity contribution in [2.75, 3.05) is 32.8 Å². The summed E-state index contributed by atoms with van der Waals surface area (Å²) in [6, 6.07) is 8.02. The lowest BCUT2D eigenvalue weighted by Crippen LogP contribution is -2.51. The van der Waals surface area contributed by atoms with Crippen LogP contribution in [-0.4, -0.2) is 49.7 Å². The van der Waals surface area contributed by atoms with Gasteiger partial charge in [0.25, 0.3) is 0 Å². The third-order valence-corrected chi connectivity index (χ3v) is 3.66. The highest BCUT2D eigenvalue weighted by molar-refractivity contribution is 5.76. The van der Waals surface area contributed by atoms with Crippen LogP contribution in [0, 0.1) is 0 Å². The van der Waals surface area contributed by atoms with Gasteiger partial charge in [-0.25, -0.2) is 0 Å². The van der Waals surface area contributed by atoms with Crippen molar-refractivity contribution in [3.8, 4) is 11.5 Å². The summed E-state index contributed by atoms with van der Waals surface area (Å²) in [7, 11) is 0. The molecule has 122 valence electrons. The number of nitrogens with zero attached hydrogens (tertiary/aromatic N) is 1. The molecule has 5 heteroatoms. The van der Waals surface area contributed by atoms with Crippen molar-refractivity contribution in [3.05, 3.63) is 24.3 Å². The van der Waals surface area contributed by atoms with Crippen LogP contribution >= 0.6 is 0 Å². The van der Waals surface area contributed by atoms with Gasteiger partial charge in [-0.05, 0) is 32.4 Å². The second kappa shape index (κ2) is 8.63. The number of hydrogen-bond acceptors (Lipinski definition) is 4. The predicted octanol–water partition coefficient (Wildman–Crippen LogP) is 2.06. The number of nitrogens with one attached hydrogen (secondary N) is 1. The van der Waals surface area contributed by atoms with Gasteiger partial charge in [-0.15, -0.1) is 0 Å². The monoisotopic (exact) mass is 306 g/mol. The van der Waals surface area contributed by atoms with Crippen LogP contribution in [0.3, 0.4) is 0 Å². The number of benzene rings is 1. The molecular weight excluding hydrogens is 280 g/mol. The second-order valence-corrected chi connectivity index (χ2v) is 5.53. The van der Waals surface area contributed by atoms with Crippen molar-refractivity contribution < 1.29 is 14.3 Å². The van der Waals surface area contributed by atoms with Crippen LogP contribution in [0.25, 0.3) is 0 Å². The summed E-state index contributed by atoms with van der Waals surface area (Å²) in [6.07, 6.45) is 1.25. The molecule has 1 amide bonds. The van der Waals surface area contributed by atoms with Crippen molar-refractivity contribution in [2.24, 2.45) is 0 Å². The number of rotatable bonds is 7. The van der Waals surface area contributed by atoms with E-state index in [1.165, 1.54) is 0 Å². The van der Waals surface area contributed by atoms with Crippen LogP contribution in [0.2, 0.25) is 0 Å².